The van der Waals surface area contributed by atoms with Gasteiger partial charge in [0.05, 0.1) is 38.0 Å². The zero-order chi connectivity index (χ0) is 16.1. The number of hydrogen-bond donors (Lipinski definition) is 0. The van der Waals surface area contributed by atoms with E-state index in [0.29, 0.717) is 43.1 Å². The number of amides is 1. The first kappa shape index (κ1) is 15.8. The molecule has 1 amide bonds. The maximum Gasteiger partial charge on any atom is 0.233 e. The molecule has 3 rings (SSSR count). The summed E-state index contributed by atoms with van der Waals surface area (Å²) in [4.78, 5) is 18.2. The highest BCUT2D eigenvalue weighted by Gasteiger charge is 2.18. The second-order valence-corrected chi connectivity index (χ2v) is 5.77. The molecule has 0 bridgehead atoms. The molecule has 23 heavy (non-hydrogen) atoms. The predicted octanol–water partition coefficient (Wildman–Crippen LogP) is 0.622. The molecule has 1 aliphatic rings. The fourth-order valence-electron chi connectivity index (χ4n) is 2.17. The highest BCUT2D eigenvalue weighted by molar-refractivity contribution is 7.99. The van der Waals surface area contributed by atoms with Crippen LogP contribution in [0.15, 0.2) is 29.8 Å². The van der Waals surface area contributed by atoms with Crippen LogP contribution in [0.4, 0.5) is 0 Å². The van der Waals surface area contributed by atoms with Crippen molar-refractivity contribution in [1.82, 2.24) is 24.6 Å². The first-order valence-corrected chi connectivity index (χ1v) is 8.15. The van der Waals surface area contributed by atoms with Gasteiger partial charge in [-0.15, -0.1) is 10.2 Å². The fourth-order valence-corrected chi connectivity index (χ4v) is 3.00. The van der Waals surface area contributed by atoms with Crippen LogP contribution in [-0.2, 0) is 9.53 Å². The summed E-state index contributed by atoms with van der Waals surface area (Å²) < 4.78 is 12.1. The van der Waals surface area contributed by atoms with E-state index in [1.165, 1.54) is 11.8 Å². The molecule has 1 saturated heterocycles. The number of nitrogens with zero attached hydrogens (tertiary/aromatic N) is 5. The highest BCUT2D eigenvalue weighted by atomic mass is 32.2. The van der Waals surface area contributed by atoms with Crippen LogP contribution >= 0.6 is 11.8 Å². The summed E-state index contributed by atoms with van der Waals surface area (Å²) in [5, 5.41) is 8.64. The number of morpholine rings is 1. The Bertz CT molecular complexity index is 655. The van der Waals surface area contributed by atoms with E-state index in [0.717, 1.165) is 5.69 Å². The first-order valence-electron chi connectivity index (χ1n) is 7.16. The third-order valence-corrected chi connectivity index (χ3v) is 4.34. The Kier molecular flexibility index (Phi) is 5.09. The minimum Gasteiger partial charge on any atom is -0.481 e. The number of pyridine rings is 1. The lowest BCUT2D eigenvalue weighted by Gasteiger charge is -2.26. The first-order chi connectivity index (χ1) is 11.3. The molecule has 1 aliphatic heterocycles. The number of methoxy groups -OCH3 is 1. The van der Waals surface area contributed by atoms with Gasteiger partial charge >= 0.3 is 0 Å². The van der Waals surface area contributed by atoms with Crippen LogP contribution in [-0.4, -0.2) is 69.7 Å². The number of ether oxygens (including phenoxy) is 2. The molecule has 0 aliphatic carbocycles. The van der Waals surface area contributed by atoms with Crippen molar-refractivity contribution in [2.75, 3.05) is 39.2 Å². The standard InChI is InChI=1S/C14H17N5O3S/c1-21-12-3-2-11(8-15-12)19-10-16-17-14(19)23-9-13(20)18-4-6-22-7-5-18/h2-3,8,10H,4-7,9H2,1H3. The quantitative estimate of drug-likeness (QED) is 0.741. The normalized spacial score (nSPS) is 14.7. The largest absolute Gasteiger partial charge is 0.481 e. The van der Waals surface area contributed by atoms with E-state index in [4.69, 9.17) is 9.47 Å². The molecule has 0 aromatic carbocycles. The summed E-state index contributed by atoms with van der Waals surface area (Å²) >= 11 is 1.36. The number of carbonyl (C=O) groups is 1. The van der Waals surface area contributed by atoms with Gasteiger partial charge in [0.15, 0.2) is 5.16 Å². The minimum absolute atomic E-state index is 0.0840. The van der Waals surface area contributed by atoms with Gasteiger partial charge in [-0.05, 0) is 6.07 Å². The Labute approximate surface area is 137 Å². The Morgan fingerprint density at radius 2 is 2.22 bits per heavy atom. The van der Waals surface area contributed by atoms with Crippen LogP contribution in [0.5, 0.6) is 5.88 Å². The number of carbonyl (C=O) groups excluding carboxylic acids is 1. The molecule has 1 fully saturated rings. The van der Waals surface area contributed by atoms with E-state index < -0.39 is 0 Å². The van der Waals surface area contributed by atoms with Crippen molar-refractivity contribution in [3.8, 4) is 11.6 Å². The van der Waals surface area contributed by atoms with Gasteiger partial charge in [-0.1, -0.05) is 11.8 Å². The lowest BCUT2D eigenvalue weighted by molar-refractivity contribution is -0.132. The summed E-state index contributed by atoms with van der Waals surface area (Å²) in [5.74, 6) is 0.946. The summed E-state index contributed by atoms with van der Waals surface area (Å²) in [6.45, 7) is 2.50. The Balaban J connectivity index is 1.64. The van der Waals surface area contributed by atoms with Crippen molar-refractivity contribution >= 4 is 17.7 Å². The lowest BCUT2D eigenvalue weighted by Crippen LogP contribution is -2.41. The van der Waals surface area contributed by atoms with Crippen LogP contribution in [0, 0.1) is 0 Å². The summed E-state index contributed by atoms with van der Waals surface area (Å²) in [6.07, 6.45) is 3.28. The number of thioether (sulfide) groups is 1. The Morgan fingerprint density at radius 3 is 2.91 bits per heavy atom. The van der Waals surface area contributed by atoms with Crippen LogP contribution in [0.2, 0.25) is 0 Å². The molecule has 2 aromatic heterocycles. The van der Waals surface area contributed by atoms with E-state index in [9.17, 15) is 4.79 Å². The van der Waals surface area contributed by atoms with Gasteiger partial charge in [-0.2, -0.15) is 0 Å². The van der Waals surface area contributed by atoms with E-state index in [1.54, 1.807) is 30.3 Å². The van der Waals surface area contributed by atoms with E-state index in [2.05, 4.69) is 15.2 Å². The molecule has 0 saturated carbocycles. The van der Waals surface area contributed by atoms with E-state index in [-0.39, 0.29) is 5.91 Å². The third kappa shape index (κ3) is 3.80. The Morgan fingerprint density at radius 1 is 1.39 bits per heavy atom. The SMILES string of the molecule is COc1ccc(-n2cnnc2SCC(=O)N2CCOCC2)cn1. The van der Waals surface area contributed by atoms with Crippen molar-refractivity contribution in [1.29, 1.82) is 0 Å². The molecule has 122 valence electrons. The molecule has 0 N–H and O–H groups in total. The summed E-state index contributed by atoms with van der Waals surface area (Å²) in [7, 11) is 1.57. The minimum atomic E-state index is 0.0840. The predicted molar refractivity (Wildman–Crippen MR) is 83.8 cm³/mol. The maximum absolute atomic E-state index is 12.2. The van der Waals surface area contributed by atoms with Gasteiger partial charge in [-0.25, -0.2) is 4.98 Å². The van der Waals surface area contributed by atoms with E-state index >= 15 is 0 Å². The van der Waals surface area contributed by atoms with Gasteiger partial charge in [0.25, 0.3) is 0 Å². The van der Waals surface area contributed by atoms with Crippen LogP contribution in [0.25, 0.3) is 5.69 Å². The van der Waals surface area contributed by atoms with Gasteiger partial charge in [0.2, 0.25) is 11.8 Å². The third-order valence-electron chi connectivity index (χ3n) is 3.41. The molecule has 0 unspecified atom stereocenters. The monoisotopic (exact) mass is 335 g/mol. The average Bonchev–Trinajstić information content (AvgIpc) is 3.09. The highest BCUT2D eigenvalue weighted by Crippen LogP contribution is 2.20. The number of aromatic nitrogens is 4. The average molecular weight is 335 g/mol. The van der Waals surface area contributed by atoms with Crippen LogP contribution in [0.3, 0.4) is 0 Å². The van der Waals surface area contributed by atoms with Crippen molar-refractivity contribution < 1.29 is 14.3 Å². The maximum atomic E-state index is 12.2. The van der Waals surface area contributed by atoms with Gasteiger partial charge in [-0.3, -0.25) is 9.36 Å². The molecular formula is C14H17N5O3S. The molecule has 3 heterocycles. The second kappa shape index (κ2) is 7.42. The molecular weight excluding hydrogens is 318 g/mol. The Hall–Kier alpha value is -2.13. The zero-order valence-corrected chi connectivity index (χ0v) is 13.5. The molecule has 0 radical (unpaired) electrons. The molecule has 8 nitrogen and oxygen atoms in total. The zero-order valence-electron chi connectivity index (χ0n) is 12.7. The molecule has 0 spiro atoms. The van der Waals surface area contributed by atoms with Gasteiger partial charge < -0.3 is 14.4 Å². The van der Waals surface area contributed by atoms with Crippen LogP contribution < -0.4 is 4.74 Å². The fraction of sp³-hybridized carbons (Fsp3) is 0.429. The van der Waals surface area contributed by atoms with Crippen molar-refractivity contribution in [2.45, 2.75) is 5.16 Å². The lowest BCUT2D eigenvalue weighted by atomic mass is 10.4. The number of rotatable bonds is 5. The molecule has 0 atom stereocenters. The van der Waals surface area contributed by atoms with Gasteiger partial charge in [0.1, 0.15) is 6.33 Å². The van der Waals surface area contributed by atoms with Crippen molar-refractivity contribution in [3.63, 3.8) is 0 Å². The van der Waals surface area contributed by atoms with Crippen LogP contribution in [0.1, 0.15) is 0 Å². The topological polar surface area (TPSA) is 82.4 Å². The molecule has 9 heteroatoms. The smallest absolute Gasteiger partial charge is 0.233 e. The van der Waals surface area contributed by atoms with Gasteiger partial charge in [0, 0.05) is 19.2 Å². The second-order valence-electron chi connectivity index (χ2n) is 4.82. The molecule has 2 aromatic rings. The summed E-state index contributed by atoms with van der Waals surface area (Å²) in [6, 6.07) is 3.63. The number of hydrogen-bond acceptors (Lipinski definition) is 7. The summed E-state index contributed by atoms with van der Waals surface area (Å²) in [5.41, 5.74) is 0.817. The van der Waals surface area contributed by atoms with Crippen molar-refractivity contribution in [3.05, 3.63) is 24.7 Å². The van der Waals surface area contributed by atoms with Crippen molar-refractivity contribution in [2.24, 2.45) is 0 Å². The van der Waals surface area contributed by atoms with E-state index in [1.807, 2.05) is 11.0 Å².